The highest BCUT2D eigenvalue weighted by Gasteiger charge is 2.23. The predicted octanol–water partition coefficient (Wildman–Crippen LogP) is 6.47. The normalized spacial score (nSPS) is 12.6. The summed E-state index contributed by atoms with van der Waals surface area (Å²) in [5, 5.41) is 10.9. The molecule has 0 radical (unpaired) electrons. The van der Waals surface area contributed by atoms with Gasteiger partial charge in [-0.3, -0.25) is 9.97 Å². The molecule has 0 aliphatic carbocycles. The summed E-state index contributed by atoms with van der Waals surface area (Å²) in [5.41, 5.74) is 3.92. The number of primary sulfonamides is 1. The molecular weight excluding hydrogens is 518 g/mol. The maximum atomic E-state index is 12.1. The Morgan fingerprint density at radius 3 is 2.37 bits per heavy atom. The van der Waals surface area contributed by atoms with E-state index in [9.17, 15) is 8.42 Å². The van der Waals surface area contributed by atoms with Crippen molar-refractivity contribution in [2.75, 3.05) is 5.32 Å². The third kappa shape index (κ3) is 5.11. The number of pyridine rings is 3. The van der Waals surface area contributed by atoms with Crippen LogP contribution in [-0.2, 0) is 10.0 Å². The molecule has 3 aromatic heterocycles. The van der Waals surface area contributed by atoms with E-state index in [4.69, 9.17) is 21.7 Å². The quantitative estimate of drug-likeness (QED) is 0.228. The molecule has 5 rings (SSSR count). The van der Waals surface area contributed by atoms with E-state index in [1.165, 1.54) is 12.3 Å². The third-order valence-electron chi connectivity index (χ3n) is 6.37. The van der Waals surface area contributed by atoms with Gasteiger partial charge in [0.1, 0.15) is 15.9 Å². The van der Waals surface area contributed by atoms with E-state index in [2.05, 4.69) is 29.1 Å². The van der Waals surface area contributed by atoms with Gasteiger partial charge >= 0.3 is 0 Å². The molecule has 38 heavy (non-hydrogen) atoms. The first-order chi connectivity index (χ1) is 18.2. The van der Waals surface area contributed by atoms with Gasteiger partial charge < -0.3 is 5.32 Å². The Kier molecular flexibility index (Phi) is 7.12. The Morgan fingerprint density at radius 2 is 1.68 bits per heavy atom. The molecule has 1 atom stereocenters. The van der Waals surface area contributed by atoms with Gasteiger partial charge in [0, 0.05) is 35.1 Å². The summed E-state index contributed by atoms with van der Waals surface area (Å²) in [6.07, 6.45) is 4.55. The van der Waals surface area contributed by atoms with Gasteiger partial charge in [-0.1, -0.05) is 80.0 Å². The molecule has 0 aliphatic heterocycles. The number of sulfonamides is 1. The Bertz CT molecular complexity index is 1710. The largest absolute Gasteiger partial charge is 0.361 e. The van der Waals surface area contributed by atoms with Gasteiger partial charge in [0.15, 0.2) is 0 Å². The molecule has 0 aliphatic rings. The molecule has 0 saturated heterocycles. The van der Waals surface area contributed by atoms with E-state index in [0.29, 0.717) is 16.9 Å². The Hall–Kier alpha value is -3.85. The number of aromatic nitrogens is 3. The van der Waals surface area contributed by atoms with Crippen LogP contribution in [0.5, 0.6) is 0 Å². The minimum Gasteiger partial charge on any atom is -0.361 e. The fourth-order valence-electron chi connectivity index (χ4n) is 4.57. The van der Waals surface area contributed by atoms with Gasteiger partial charge in [0.05, 0.1) is 11.7 Å². The van der Waals surface area contributed by atoms with Crippen LogP contribution in [0.25, 0.3) is 33.0 Å². The van der Waals surface area contributed by atoms with Crippen LogP contribution in [0.4, 0.5) is 5.82 Å². The lowest BCUT2D eigenvalue weighted by Gasteiger charge is -2.25. The number of benzene rings is 2. The highest BCUT2D eigenvalue weighted by molar-refractivity contribution is 7.89. The van der Waals surface area contributed by atoms with Crippen LogP contribution in [0.1, 0.15) is 25.6 Å². The molecular formula is C29H26ClN5O2S. The molecule has 2 aromatic carbocycles. The van der Waals surface area contributed by atoms with Crippen molar-refractivity contribution in [3.05, 3.63) is 102 Å². The number of nitrogens with two attached hydrogens (primary N) is 1. The van der Waals surface area contributed by atoms with Crippen LogP contribution >= 0.6 is 11.6 Å². The van der Waals surface area contributed by atoms with Crippen LogP contribution in [0.3, 0.4) is 0 Å². The Labute approximate surface area is 226 Å². The van der Waals surface area contributed by atoms with Crippen molar-refractivity contribution in [3.8, 4) is 22.3 Å². The lowest BCUT2D eigenvalue weighted by atomic mass is 9.93. The molecule has 0 amide bonds. The first-order valence-corrected chi connectivity index (χ1v) is 14.0. The number of rotatable bonds is 7. The van der Waals surface area contributed by atoms with Crippen molar-refractivity contribution in [1.82, 2.24) is 15.0 Å². The smallest absolute Gasteiger partial charge is 0.239 e. The van der Waals surface area contributed by atoms with Gasteiger partial charge in [-0.05, 0) is 40.6 Å². The van der Waals surface area contributed by atoms with Crippen molar-refractivity contribution in [2.24, 2.45) is 11.1 Å². The van der Waals surface area contributed by atoms with E-state index in [1.807, 2.05) is 66.7 Å². The minimum atomic E-state index is -3.96. The SMILES string of the molecule is CC(C)C(Nc1nc(Cl)c(-c2cncc(S(N)(=O)=O)c2)c2cccc(-c3ccccc3)c12)c1ccccn1. The summed E-state index contributed by atoms with van der Waals surface area (Å²) in [6.45, 7) is 4.24. The molecule has 3 N–H and O–H groups in total. The average molecular weight is 544 g/mol. The number of anilines is 1. The lowest BCUT2D eigenvalue weighted by molar-refractivity contribution is 0.534. The minimum absolute atomic E-state index is 0.101. The van der Waals surface area contributed by atoms with Crippen molar-refractivity contribution >= 4 is 38.2 Å². The second kappa shape index (κ2) is 10.5. The molecule has 1 unspecified atom stereocenters. The summed E-state index contributed by atoms with van der Waals surface area (Å²) in [6, 6.07) is 23.1. The molecule has 7 nitrogen and oxygen atoms in total. The lowest BCUT2D eigenvalue weighted by Crippen LogP contribution is -2.19. The van der Waals surface area contributed by atoms with Crippen LogP contribution in [0.2, 0.25) is 5.15 Å². The number of hydrogen-bond acceptors (Lipinski definition) is 6. The highest BCUT2D eigenvalue weighted by atomic mass is 35.5. The molecule has 3 heterocycles. The Balaban J connectivity index is 1.80. The van der Waals surface area contributed by atoms with Gasteiger partial charge in [0.2, 0.25) is 10.0 Å². The highest BCUT2D eigenvalue weighted by Crippen LogP contribution is 2.43. The topological polar surface area (TPSA) is 111 Å². The molecule has 0 bridgehead atoms. The standard InChI is InChI=1S/C29H26ClN5O2S/c1-18(2)27(24-13-6-7-14-33-24)34-29-26-22(19-9-4-3-5-10-19)11-8-12-23(26)25(28(30)35-29)20-15-21(17-32-16-20)38(31,36)37/h3-18,27H,1-2H3,(H,34,35)(H2,31,36,37). The Morgan fingerprint density at radius 1 is 0.921 bits per heavy atom. The summed E-state index contributed by atoms with van der Waals surface area (Å²) in [4.78, 5) is 13.4. The number of fused-ring (bicyclic) bond motifs is 1. The van der Waals surface area contributed by atoms with Crippen molar-refractivity contribution in [1.29, 1.82) is 0 Å². The molecule has 0 fully saturated rings. The van der Waals surface area contributed by atoms with Crippen molar-refractivity contribution in [2.45, 2.75) is 24.8 Å². The number of nitrogens with one attached hydrogen (secondary N) is 1. The van der Waals surface area contributed by atoms with Crippen LogP contribution in [0.15, 0.2) is 96.3 Å². The average Bonchev–Trinajstić information content (AvgIpc) is 2.91. The fraction of sp³-hybridized carbons (Fsp3) is 0.138. The summed E-state index contributed by atoms with van der Waals surface area (Å²) >= 11 is 6.84. The number of halogens is 1. The van der Waals surface area contributed by atoms with Gasteiger partial charge in [-0.2, -0.15) is 0 Å². The zero-order valence-electron chi connectivity index (χ0n) is 20.8. The third-order valence-corrected chi connectivity index (χ3v) is 7.52. The second-order valence-corrected chi connectivity index (χ2v) is 11.2. The molecule has 192 valence electrons. The zero-order valence-corrected chi connectivity index (χ0v) is 22.4. The fourth-order valence-corrected chi connectivity index (χ4v) is 5.37. The van der Waals surface area contributed by atoms with Gasteiger partial charge in [-0.15, -0.1) is 0 Å². The van der Waals surface area contributed by atoms with E-state index in [-0.39, 0.29) is 22.0 Å². The second-order valence-electron chi connectivity index (χ2n) is 9.30. The summed E-state index contributed by atoms with van der Waals surface area (Å²) < 4.78 is 24.1. The molecule has 0 spiro atoms. The van der Waals surface area contributed by atoms with Crippen molar-refractivity contribution in [3.63, 3.8) is 0 Å². The first-order valence-electron chi connectivity index (χ1n) is 12.1. The van der Waals surface area contributed by atoms with E-state index in [1.54, 1.807) is 12.4 Å². The zero-order chi connectivity index (χ0) is 26.9. The number of nitrogens with zero attached hydrogens (tertiary/aromatic N) is 3. The maximum absolute atomic E-state index is 12.1. The van der Waals surface area contributed by atoms with Crippen LogP contribution in [0, 0.1) is 5.92 Å². The number of hydrogen-bond donors (Lipinski definition) is 2. The molecule has 9 heteroatoms. The van der Waals surface area contributed by atoms with E-state index < -0.39 is 10.0 Å². The first kappa shape index (κ1) is 25.8. The van der Waals surface area contributed by atoms with Crippen LogP contribution in [-0.4, -0.2) is 23.4 Å². The van der Waals surface area contributed by atoms with Crippen molar-refractivity contribution < 1.29 is 8.42 Å². The molecule has 5 aromatic rings. The summed E-state index contributed by atoms with van der Waals surface area (Å²) in [5.74, 6) is 0.799. The van der Waals surface area contributed by atoms with Crippen LogP contribution < -0.4 is 10.5 Å². The van der Waals surface area contributed by atoms with Gasteiger partial charge in [-0.25, -0.2) is 18.5 Å². The summed E-state index contributed by atoms with van der Waals surface area (Å²) in [7, 11) is -3.96. The van der Waals surface area contributed by atoms with E-state index >= 15 is 0 Å². The predicted molar refractivity (Wildman–Crippen MR) is 152 cm³/mol. The monoisotopic (exact) mass is 543 g/mol. The van der Waals surface area contributed by atoms with E-state index in [0.717, 1.165) is 27.6 Å². The molecule has 0 saturated carbocycles. The maximum Gasteiger partial charge on any atom is 0.239 e. The van der Waals surface area contributed by atoms with Gasteiger partial charge in [0.25, 0.3) is 0 Å².